The van der Waals surface area contributed by atoms with Gasteiger partial charge in [0.2, 0.25) is 0 Å². The quantitative estimate of drug-likeness (QED) is 0.534. The van der Waals surface area contributed by atoms with Crippen molar-refractivity contribution in [3.63, 3.8) is 0 Å². The van der Waals surface area contributed by atoms with Gasteiger partial charge >= 0.3 is 5.97 Å². The fourth-order valence-corrected chi connectivity index (χ4v) is 2.49. The van der Waals surface area contributed by atoms with Gasteiger partial charge in [-0.1, -0.05) is 54.6 Å². The van der Waals surface area contributed by atoms with Gasteiger partial charge < -0.3 is 10.1 Å². The van der Waals surface area contributed by atoms with Crippen LogP contribution in [0.3, 0.4) is 0 Å². The maximum atomic E-state index is 12.0. The number of hydrogen-bond donors (Lipinski definition) is 1. The van der Waals surface area contributed by atoms with E-state index in [1.54, 1.807) is 12.1 Å². The van der Waals surface area contributed by atoms with Crippen molar-refractivity contribution in [2.45, 2.75) is 0 Å². The van der Waals surface area contributed by atoms with Crippen LogP contribution in [0.25, 0.3) is 11.1 Å². The summed E-state index contributed by atoms with van der Waals surface area (Å²) < 4.78 is 4.99. The van der Waals surface area contributed by atoms with Gasteiger partial charge in [-0.15, -0.1) is 0 Å². The van der Waals surface area contributed by atoms with E-state index in [1.807, 2.05) is 42.5 Å². The van der Waals surface area contributed by atoms with Crippen molar-refractivity contribution >= 4 is 23.9 Å². The molecule has 0 saturated carbocycles. The van der Waals surface area contributed by atoms with E-state index in [2.05, 4.69) is 5.32 Å². The zero-order valence-corrected chi connectivity index (χ0v) is 14.4. The number of ether oxygens (including phenoxy) is 1. The maximum absolute atomic E-state index is 12.0. The molecule has 0 heterocycles. The summed E-state index contributed by atoms with van der Waals surface area (Å²) in [6.07, 6.45) is 0.686. The fraction of sp³-hybridized carbons (Fsp3) is 0.0455. The van der Waals surface area contributed by atoms with Crippen LogP contribution < -0.4 is 5.32 Å². The Hall–Kier alpha value is -3.73. The molecule has 0 aromatic heterocycles. The molecule has 3 rings (SSSR count). The number of carbonyl (C=O) groups is 3. The van der Waals surface area contributed by atoms with Crippen LogP contribution in [-0.2, 0) is 9.53 Å². The number of amides is 1. The summed E-state index contributed by atoms with van der Waals surface area (Å²) in [5, 5.41) is 2.68. The lowest BCUT2D eigenvalue weighted by molar-refractivity contribution is -0.119. The summed E-state index contributed by atoms with van der Waals surface area (Å²) >= 11 is 0. The van der Waals surface area contributed by atoms with Gasteiger partial charge in [-0.3, -0.25) is 9.59 Å². The van der Waals surface area contributed by atoms with Crippen LogP contribution in [0.1, 0.15) is 20.7 Å². The summed E-state index contributed by atoms with van der Waals surface area (Å²) in [5.41, 5.74) is 3.48. The first-order chi connectivity index (χ1) is 13.2. The zero-order chi connectivity index (χ0) is 19.1. The second kappa shape index (κ2) is 8.58. The van der Waals surface area contributed by atoms with Gasteiger partial charge in [-0.25, -0.2) is 4.79 Å². The molecule has 1 amide bonds. The van der Waals surface area contributed by atoms with Crippen molar-refractivity contribution < 1.29 is 19.1 Å². The highest BCUT2D eigenvalue weighted by atomic mass is 16.5. The molecule has 5 heteroatoms. The lowest BCUT2D eigenvalue weighted by Gasteiger charge is -2.08. The van der Waals surface area contributed by atoms with Crippen molar-refractivity contribution in [3.8, 4) is 11.1 Å². The van der Waals surface area contributed by atoms with Crippen LogP contribution in [0.2, 0.25) is 0 Å². The monoisotopic (exact) mass is 359 g/mol. The molecule has 5 nitrogen and oxygen atoms in total. The first-order valence-corrected chi connectivity index (χ1v) is 8.33. The predicted octanol–water partition coefficient (Wildman–Crippen LogP) is 3.96. The second-order valence-electron chi connectivity index (χ2n) is 5.81. The van der Waals surface area contributed by atoms with E-state index in [0.717, 1.165) is 11.1 Å². The van der Waals surface area contributed by atoms with Crippen LogP contribution in [0.15, 0.2) is 78.9 Å². The molecule has 27 heavy (non-hydrogen) atoms. The average Bonchev–Trinajstić information content (AvgIpc) is 2.73. The number of carbonyl (C=O) groups excluding carboxylic acids is 3. The van der Waals surface area contributed by atoms with Gasteiger partial charge in [0.15, 0.2) is 6.61 Å². The molecule has 0 aliphatic rings. The largest absolute Gasteiger partial charge is 0.452 e. The number of anilines is 1. The molecule has 0 bridgehead atoms. The minimum Gasteiger partial charge on any atom is -0.452 e. The van der Waals surface area contributed by atoms with Crippen molar-refractivity contribution in [1.29, 1.82) is 0 Å². The number of esters is 1. The Morgan fingerprint density at radius 2 is 1.44 bits per heavy atom. The minimum atomic E-state index is -0.623. The Morgan fingerprint density at radius 3 is 2.07 bits per heavy atom. The Labute approximate surface area is 156 Å². The standard InChI is InChI=1S/C22H17NO4/c24-14-16-6-8-19(9-7-16)22(26)27-15-21(25)23-20-12-10-18(11-13-20)17-4-2-1-3-5-17/h1-14H,15H2,(H,23,25). The van der Waals surface area contributed by atoms with Gasteiger partial charge in [0, 0.05) is 11.3 Å². The topological polar surface area (TPSA) is 72.5 Å². The van der Waals surface area contributed by atoms with Crippen LogP contribution in [-0.4, -0.2) is 24.8 Å². The van der Waals surface area contributed by atoms with E-state index < -0.39 is 18.5 Å². The lowest BCUT2D eigenvalue weighted by atomic mass is 10.1. The third kappa shape index (κ3) is 4.89. The van der Waals surface area contributed by atoms with Crippen LogP contribution in [0.4, 0.5) is 5.69 Å². The SMILES string of the molecule is O=Cc1ccc(C(=O)OCC(=O)Nc2ccc(-c3ccccc3)cc2)cc1. The highest BCUT2D eigenvalue weighted by Gasteiger charge is 2.10. The summed E-state index contributed by atoms with van der Waals surface area (Å²) in [6.45, 7) is -0.394. The van der Waals surface area contributed by atoms with Crippen molar-refractivity contribution in [2.24, 2.45) is 0 Å². The second-order valence-corrected chi connectivity index (χ2v) is 5.81. The lowest BCUT2D eigenvalue weighted by Crippen LogP contribution is -2.20. The molecular formula is C22H17NO4. The molecule has 3 aromatic carbocycles. The molecular weight excluding hydrogens is 342 g/mol. The van der Waals surface area contributed by atoms with Gasteiger partial charge in [-0.05, 0) is 35.4 Å². The van der Waals surface area contributed by atoms with Crippen molar-refractivity contribution in [2.75, 3.05) is 11.9 Å². The third-order valence-electron chi connectivity index (χ3n) is 3.89. The fourth-order valence-electron chi connectivity index (χ4n) is 2.49. The smallest absolute Gasteiger partial charge is 0.338 e. The van der Waals surface area contributed by atoms with E-state index in [0.29, 0.717) is 17.5 Å². The van der Waals surface area contributed by atoms with E-state index >= 15 is 0 Å². The first kappa shape index (κ1) is 18.1. The van der Waals surface area contributed by atoms with Crippen molar-refractivity contribution in [3.05, 3.63) is 90.0 Å². The molecule has 0 aliphatic carbocycles. The normalized spacial score (nSPS) is 10.1. The summed E-state index contributed by atoms with van der Waals surface area (Å²) in [7, 11) is 0. The minimum absolute atomic E-state index is 0.278. The Morgan fingerprint density at radius 1 is 0.815 bits per heavy atom. The third-order valence-corrected chi connectivity index (χ3v) is 3.89. The molecule has 0 radical (unpaired) electrons. The molecule has 3 aromatic rings. The predicted molar refractivity (Wildman–Crippen MR) is 103 cm³/mol. The molecule has 0 spiro atoms. The van der Waals surface area contributed by atoms with Crippen LogP contribution in [0, 0.1) is 0 Å². The Bertz CT molecular complexity index is 932. The molecule has 0 saturated heterocycles. The van der Waals surface area contributed by atoms with Crippen LogP contribution >= 0.6 is 0 Å². The zero-order valence-electron chi connectivity index (χ0n) is 14.4. The van der Waals surface area contributed by atoms with E-state index in [-0.39, 0.29) is 5.56 Å². The van der Waals surface area contributed by atoms with E-state index in [9.17, 15) is 14.4 Å². The Kier molecular flexibility index (Phi) is 5.74. The van der Waals surface area contributed by atoms with Gasteiger partial charge in [-0.2, -0.15) is 0 Å². The molecule has 1 N–H and O–H groups in total. The molecule has 134 valence electrons. The number of aldehydes is 1. The highest BCUT2D eigenvalue weighted by Crippen LogP contribution is 2.20. The van der Waals surface area contributed by atoms with Gasteiger partial charge in [0.25, 0.3) is 5.91 Å². The highest BCUT2D eigenvalue weighted by molar-refractivity contribution is 5.95. The summed E-state index contributed by atoms with van der Waals surface area (Å²) in [4.78, 5) is 34.5. The molecule has 0 aliphatic heterocycles. The average molecular weight is 359 g/mol. The molecule has 0 atom stereocenters. The maximum Gasteiger partial charge on any atom is 0.338 e. The van der Waals surface area contributed by atoms with Gasteiger partial charge in [0.1, 0.15) is 6.29 Å². The number of benzene rings is 3. The number of nitrogens with one attached hydrogen (secondary N) is 1. The Balaban J connectivity index is 1.53. The number of rotatable bonds is 6. The first-order valence-electron chi connectivity index (χ1n) is 8.33. The summed E-state index contributed by atoms with van der Waals surface area (Å²) in [6, 6.07) is 23.3. The van der Waals surface area contributed by atoms with Crippen molar-refractivity contribution in [1.82, 2.24) is 0 Å². The molecule has 0 fully saturated rings. The van der Waals surface area contributed by atoms with Gasteiger partial charge in [0.05, 0.1) is 5.56 Å². The van der Waals surface area contributed by atoms with E-state index in [4.69, 9.17) is 4.74 Å². The van der Waals surface area contributed by atoms with E-state index in [1.165, 1.54) is 24.3 Å². The summed E-state index contributed by atoms with van der Waals surface area (Å²) in [5.74, 6) is -1.05. The molecule has 0 unspecified atom stereocenters. The van der Waals surface area contributed by atoms with Crippen LogP contribution in [0.5, 0.6) is 0 Å². The number of hydrogen-bond acceptors (Lipinski definition) is 4.